The first-order valence-electron chi connectivity index (χ1n) is 9.51. The summed E-state index contributed by atoms with van der Waals surface area (Å²) in [6.45, 7) is 0.497. The maximum Gasteiger partial charge on any atom is 0.285 e. The number of ether oxygens (including phenoxy) is 1. The zero-order valence-electron chi connectivity index (χ0n) is 15.8. The van der Waals surface area contributed by atoms with Crippen molar-refractivity contribution in [3.8, 4) is 5.75 Å². The van der Waals surface area contributed by atoms with Crippen LogP contribution in [0.3, 0.4) is 0 Å². The van der Waals surface area contributed by atoms with E-state index in [2.05, 4.69) is 15.0 Å². The molecule has 3 aliphatic heterocycles. The van der Waals surface area contributed by atoms with Crippen LogP contribution in [-0.2, 0) is 19.6 Å². The molecule has 0 radical (unpaired) electrons. The molecule has 1 saturated heterocycles. The first-order valence-corrected chi connectivity index (χ1v) is 10.9. The van der Waals surface area contributed by atoms with Crippen molar-refractivity contribution >= 4 is 39.0 Å². The summed E-state index contributed by atoms with van der Waals surface area (Å²) in [6, 6.07) is 11.1. The Morgan fingerprint density at radius 3 is 2.93 bits per heavy atom. The predicted octanol–water partition coefficient (Wildman–Crippen LogP) is 1.57. The number of benzene rings is 2. The van der Waals surface area contributed by atoms with E-state index in [9.17, 15) is 18.0 Å². The molecule has 1 atom stereocenters. The number of carbonyl (C=O) groups is 2. The van der Waals surface area contributed by atoms with Crippen molar-refractivity contribution in [2.24, 2.45) is 4.40 Å². The van der Waals surface area contributed by atoms with Gasteiger partial charge in [0.1, 0.15) is 16.7 Å². The van der Waals surface area contributed by atoms with Crippen molar-refractivity contribution < 1.29 is 22.7 Å². The topological polar surface area (TPSA) is 117 Å². The molecule has 0 aromatic heterocycles. The Morgan fingerprint density at radius 1 is 1.23 bits per heavy atom. The molecule has 154 valence electrons. The predicted molar refractivity (Wildman–Crippen MR) is 109 cm³/mol. The van der Waals surface area contributed by atoms with Gasteiger partial charge in [0, 0.05) is 17.8 Å². The highest BCUT2D eigenvalue weighted by molar-refractivity contribution is 7.90. The van der Waals surface area contributed by atoms with Crippen molar-refractivity contribution in [1.82, 2.24) is 4.90 Å². The highest BCUT2D eigenvalue weighted by Gasteiger charge is 2.39. The van der Waals surface area contributed by atoms with Crippen LogP contribution in [0.4, 0.5) is 11.4 Å². The van der Waals surface area contributed by atoms with E-state index >= 15 is 0 Å². The molecular weight excluding hydrogens is 408 g/mol. The molecule has 2 N–H and O–H groups in total. The molecule has 1 fully saturated rings. The van der Waals surface area contributed by atoms with Crippen molar-refractivity contribution in [2.45, 2.75) is 23.8 Å². The molecule has 0 spiro atoms. The van der Waals surface area contributed by atoms with E-state index in [0.717, 1.165) is 6.42 Å². The number of hydrogen-bond acceptors (Lipinski definition) is 6. The van der Waals surface area contributed by atoms with Gasteiger partial charge in [0.15, 0.2) is 12.4 Å². The lowest BCUT2D eigenvalue weighted by Gasteiger charge is -2.26. The van der Waals surface area contributed by atoms with Gasteiger partial charge in [-0.15, -0.1) is 4.40 Å². The van der Waals surface area contributed by atoms with E-state index in [1.807, 2.05) is 0 Å². The molecule has 5 rings (SSSR count). The number of nitrogens with one attached hydrogen (secondary N) is 2. The molecule has 0 aliphatic carbocycles. The fourth-order valence-electron chi connectivity index (χ4n) is 3.97. The first kappa shape index (κ1) is 18.6. The largest absolute Gasteiger partial charge is 0.482 e. The van der Waals surface area contributed by atoms with E-state index < -0.39 is 16.1 Å². The zero-order chi connectivity index (χ0) is 20.9. The van der Waals surface area contributed by atoms with Gasteiger partial charge in [0.05, 0.1) is 5.69 Å². The number of likely N-dealkylation sites (tertiary alicyclic amines) is 1. The molecule has 3 heterocycles. The number of sulfonamides is 1. The number of amides is 2. The van der Waals surface area contributed by atoms with Crippen LogP contribution >= 0.6 is 0 Å². The monoisotopic (exact) mass is 426 g/mol. The molecule has 0 saturated carbocycles. The van der Waals surface area contributed by atoms with Crippen molar-refractivity contribution in [1.29, 1.82) is 0 Å². The lowest BCUT2D eigenvalue weighted by atomic mass is 10.1. The maximum atomic E-state index is 13.0. The third-order valence-corrected chi connectivity index (χ3v) is 6.65. The SMILES string of the molecule is O=C1COc2ccc(NC(=O)[C@@H]3CCCN3C3=NS(=O)(=O)c4ccccc43)cc2N1. The first-order chi connectivity index (χ1) is 14.4. The van der Waals surface area contributed by atoms with E-state index in [4.69, 9.17) is 4.74 Å². The standard InChI is InChI=1S/C20H18N4O5S/c25-18-11-29-16-8-7-12(10-14(16)22-18)21-20(26)15-5-3-9-24(15)19-13-4-1-2-6-17(13)30(27,28)23-19/h1-2,4,6-8,10,15H,3,5,9,11H2,(H,21,26)(H,22,25)/t15-/m0/s1. The minimum atomic E-state index is -3.76. The van der Waals surface area contributed by atoms with Crippen LogP contribution in [0.25, 0.3) is 0 Å². The van der Waals surface area contributed by atoms with E-state index in [1.54, 1.807) is 41.3 Å². The molecule has 10 heteroatoms. The summed E-state index contributed by atoms with van der Waals surface area (Å²) in [5.41, 5.74) is 1.52. The number of fused-ring (bicyclic) bond motifs is 2. The van der Waals surface area contributed by atoms with Crippen molar-refractivity contribution in [2.75, 3.05) is 23.8 Å². The van der Waals surface area contributed by atoms with E-state index in [-0.39, 0.29) is 23.3 Å². The van der Waals surface area contributed by atoms with Crippen LogP contribution in [0, 0.1) is 0 Å². The quantitative estimate of drug-likeness (QED) is 0.753. The lowest BCUT2D eigenvalue weighted by molar-refractivity contribution is -0.119. The van der Waals surface area contributed by atoms with Gasteiger partial charge in [-0.2, -0.15) is 8.42 Å². The molecule has 2 aromatic rings. The van der Waals surface area contributed by atoms with E-state index in [1.165, 1.54) is 6.07 Å². The summed E-state index contributed by atoms with van der Waals surface area (Å²) < 4.78 is 34.1. The van der Waals surface area contributed by atoms with Gasteiger partial charge < -0.3 is 20.3 Å². The van der Waals surface area contributed by atoms with Crippen LogP contribution < -0.4 is 15.4 Å². The van der Waals surface area contributed by atoms with Gasteiger partial charge in [-0.1, -0.05) is 12.1 Å². The average Bonchev–Trinajstić information content (AvgIpc) is 3.31. The molecule has 0 unspecified atom stereocenters. The Kier molecular flexibility index (Phi) is 4.24. The Morgan fingerprint density at radius 2 is 2.07 bits per heavy atom. The molecule has 2 amide bonds. The van der Waals surface area contributed by atoms with Crippen molar-refractivity contribution in [3.63, 3.8) is 0 Å². The highest BCUT2D eigenvalue weighted by atomic mass is 32.2. The molecule has 3 aliphatic rings. The summed E-state index contributed by atoms with van der Waals surface area (Å²) >= 11 is 0. The summed E-state index contributed by atoms with van der Waals surface area (Å²) in [6.07, 6.45) is 1.32. The van der Waals surface area contributed by atoms with Gasteiger partial charge in [0.25, 0.3) is 15.9 Å². The van der Waals surface area contributed by atoms with Gasteiger partial charge in [-0.05, 0) is 43.2 Å². The maximum absolute atomic E-state index is 13.0. The van der Waals surface area contributed by atoms with Crippen LogP contribution in [0.1, 0.15) is 18.4 Å². The van der Waals surface area contributed by atoms with Crippen molar-refractivity contribution in [3.05, 3.63) is 48.0 Å². The second kappa shape index (κ2) is 6.84. The summed E-state index contributed by atoms with van der Waals surface area (Å²) in [4.78, 5) is 26.4. The number of rotatable bonds is 2. The molecular formula is C20H18N4O5S. The minimum Gasteiger partial charge on any atom is -0.482 e. The summed E-state index contributed by atoms with van der Waals surface area (Å²) in [7, 11) is -3.76. The fraction of sp³-hybridized carbons (Fsp3) is 0.250. The zero-order valence-corrected chi connectivity index (χ0v) is 16.6. The smallest absolute Gasteiger partial charge is 0.285 e. The molecule has 30 heavy (non-hydrogen) atoms. The lowest BCUT2D eigenvalue weighted by Crippen LogP contribution is -2.43. The summed E-state index contributed by atoms with van der Waals surface area (Å²) in [5, 5.41) is 5.56. The Hall–Kier alpha value is -3.40. The molecule has 0 bridgehead atoms. The normalized spacial score (nSPS) is 21.2. The molecule has 9 nitrogen and oxygen atoms in total. The van der Waals surface area contributed by atoms with Crippen LogP contribution in [0.15, 0.2) is 51.8 Å². The Bertz CT molecular complexity index is 1210. The third-order valence-electron chi connectivity index (χ3n) is 5.32. The molecule has 2 aromatic carbocycles. The van der Waals surface area contributed by atoms with Gasteiger partial charge in [-0.25, -0.2) is 0 Å². The number of amidine groups is 1. The number of hydrogen-bond donors (Lipinski definition) is 2. The van der Waals surface area contributed by atoms with Crippen LogP contribution in [0.2, 0.25) is 0 Å². The Balaban J connectivity index is 1.39. The average molecular weight is 426 g/mol. The van der Waals surface area contributed by atoms with Crippen LogP contribution in [0.5, 0.6) is 5.75 Å². The minimum absolute atomic E-state index is 0.0395. The highest BCUT2D eigenvalue weighted by Crippen LogP contribution is 2.33. The second-order valence-electron chi connectivity index (χ2n) is 7.27. The summed E-state index contributed by atoms with van der Waals surface area (Å²) in [5.74, 6) is 0.332. The third kappa shape index (κ3) is 3.09. The second-order valence-corrected chi connectivity index (χ2v) is 8.85. The number of nitrogens with zero attached hydrogens (tertiary/aromatic N) is 2. The van der Waals surface area contributed by atoms with E-state index in [0.29, 0.717) is 41.5 Å². The Labute approximate surface area is 172 Å². The van der Waals surface area contributed by atoms with Gasteiger partial charge in [0.2, 0.25) is 5.91 Å². The van der Waals surface area contributed by atoms with Crippen LogP contribution in [-0.4, -0.2) is 50.2 Å². The number of anilines is 2. The van der Waals surface area contributed by atoms with Gasteiger partial charge >= 0.3 is 0 Å². The van der Waals surface area contributed by atoms with Gasteiger partial charge in [-0.3, -0.25) is 9.59 Å². The number of carbonyl (C=O) groups excluding carboxylic acids is 2. The fourth-order valence-corrected chi connectivity index (χ4v) is 5.19.